The third-order valence-electron chi connectivity index (χ3n) is 2.48. The molecule has 0 bridgehead atoms. The third kappa shape index (κ3) is 3.22. The molecule has 94 valence electrons. The van der Waals surface area contributed by atoms with Crippen LogP contribution in [-0.4, -0.2) is 16.2 Å². The van der Waals surface area contributed by atoms with E-state index >= 15 is 0 Å². The SMILES string of the molecule is C=C/C=C(\N=CC)c1cccc(-c2ccccn2)n1. The van der Waals surface area contributed by atoms with Crippen molar-refractivity contribution in [2.75, 3.05) is 0 Å². The fraction of sp³-hybridized carbons (Fsp3) is 0.0625. The molecule has 0 unspecified atom stereocenters. The molecule has 2 aromatic heterocycles. The van der Waals surface area contributed by atoms with Crippen LogP contribution in [0.15, 0.2) is 66.3 Å². The van der Waals surface area contributed by atoms with Crippen molar-refractivity contribution in [3.63, 3.8) is 0 Å². The fourth-order valence-corrected chi connectivity index (χ4v) is 1.68. The Kier molecular flexibility index (Phi) is 4.34. The van der Waals surface area contributed by atoms with Crippen LogP contribution >= 0.6 is 0 Å². The highest BCUT2D eigenvalue weighted by Crippen LogP contribution is 2.19. The first-order valence-corrected chi connectivity index (χ1v) is 6.05. The Labute approximate surface area is 113 Å². The van der Waals surface area contributed by atoms with Crippen molar-refractivity contribution in [3.8, 4) is 11.4 Å². The Bertz CT molecular complexity index is 613. The summed E-state index contributed by atoms with van der Waals surface area (Å²) in [5, 5.41) is 0. The van der Waals surface area contributed by atoms with Gasteiger partial charge in [0.15, 0.2) is 0 Å². The summed E-state index contributed by atoms with van der Waals surface area (Å²) in [6.07, 6.45) is 7.04. The van der Waals surface area contributed by atoms with Crippen LogP contribution in [0.2, 0.25) is 0 Å². The molecular formula is C16H15N3. The second-order valence-corrected chi connectivity index (χ2v) is 3.80. The molecule has 0 aliphatic heterocycles. The summed E-state index contributed by atoms with van der Waals surface area (Å²) >= 11 is 0. The zero-order valence-electron chi connectivity index (χ0n) is 10.8. The first kappa shape index (κ1) is 12.9. The molecule has 2 rings (SSSR count). The van der Waals surface area contributed by atoms with E-state index in [1.807, 2.05) is 49.4 Å². The van der Waals surface area contributed by atoms with Crippen molar-refractivity contribution >= 4 is 11.9 Å². The quantitative estimate of drug-likeness (QED) is 0.611. The minimum absolute atomic E-state index is 0.787. The molecule has 0 aliphatic rings. The third-order valence-corrected chi connectivity index (χ3v) is 2.48. The Morgan fingerprint density at radius 3 is 2.68 bits per heavy atom. The maximum absolute atomic E-state index is 4.59. The molecule has 0 fully saturated rings. The van der Waals surface area contributed by atoms with E-state index in [1.54, 1.807) is 18.5 Å². The van der Waals surface area contributed by atoms with Crippen LogP contribution in [0.5, 0.6) is 0 Å². The summed E-state index contributed by atoms with van der Waals surface area (Å²) in [6, 6.07) is 11.6. The second kappa shape index (κ2) is 6.40. The predicted octanol–water partition coefficient (Wildman–Crippen LogP) is 3.76. The molecule has 0 saturated heterocycles. The molecular weight excluding hydrogens is 234 g/mol. The van der Waals surface area contributed by atoms with E-state index in [4.69, 9.17) is 0 Å². The Morgan fingerprint density at radius 1 is 1.16 bits per heavy atom. The normalized spacial score (nSPS) is 11.7. The lowest BCUT2D eigenvalue weighted by atomic mass is 10.2. The fourth-order valence-electron chi connectivity index (χ4n) is 1.68. The van der Waals surface area contributed by atoms with E-state index in [0.717, 1.165) is 22.8 Å². The minimum atomic E-state index is 0.787. The number of hydrogen-bond donors (Lipinski definition) is 0. The number of pyridine rings is 2. The van der Waals surface area contributed by atoms with Crippen molar-refractivity contribution < 1.29 is 0 Å². The molecule has 19 heavy (non-hydrogen) atoms. The van der Waals surface area contributed by atoms with Gasteiger partial charge in [-0.05, 0) is 37.3 Å². The van der Waals surface area contributed by atoms with E-state index in [9.17, 15) is 0 Å². The molecule has 0 aliphatic carbocycles. The zero-order chi connectivity index (χ0) is 13.5. The van der Waals surface area contributed by atoms with Crippen LogP contribution < -0.4 is 0 Å². The molecule has 0 spiro atoms. The summed E-state index contributed by atoms with van der Waals surface area (Å²) in [6.45, 7) is 5.57. The Morgan fingerprint density at radius 2 is 2.00 bits per heavy atom. The van der Waals surface area contributed by atoms with E-state index in [2.05, 4.69) is 21.5 Å². The average Bonchev–Trinajstić information content (AvgIpc) is 2.48. The molecule has 0 amide bonds. The number of nitrogens with zero attached hydrogens (tertiary/aromatic N) is 3. The number of aliphatic imine (C=N–C) groups is 1. The zero-order valence-corrected chi connectivity index (χ0v) is 10.8. The molecule has 0 aromatic carbocycles. The van der Waals surface area contributed by atoms with Gasteiger partial charge in [0.05, 0.1) is 22.8 Å². The van der Waals surface area contributed by atoms with Crippen LogP contribution in [-0.2, 0) is 0 Å². The highest BCUT2D eigenvalue weighted by molar-refractivity contribution is 5.73. The lowest BCUT2D eigenvalue weighted by Crippen LogP contribution is -1.92. The van der Waals surface area contributed by atoms with Gasteiger partial charge in [0.1, 0.15) is 0 Å². The summed E-state index contributed by atoms with van der Waals surface area (Å²) in [4.78, 5) is 13.2. The van der Waals surface area contributed by atoms with Crippen LogP contribution in [0, 0.1) is 0 Å². The molecule has 3 heteroatoms. The van der Waals surface area contributed by atoms with Gasteiger partial charge in [0.25, 0.3) is 0 Å². The van der Waals surface area contributed by atoms with Gasteiger partial charge in [-0.25, -0.2) is 4.98 Å². The summed E-state index contributed by atoms with van der Waals surface area (Å²) < 4.78 is 0. The van der Waals surface area contributed by atoms with Gasteiger partial charge in [0, 0.05) is 12.4 Å². The van der Waals surface area contributed by atoms with E-state index in [1.165, 1.54) is 0 Å². The maximum atomic E-state index is 4.59. The predicted molar refractivity (Wildman–Crippen MR) is 79.8 cm³/mol. The smallest absolute Gasteiger partial charge is 0.0894 e. The van der Waals surface area contributed by atoms with Crippen LogP contribution in [0.3, 0.4) is 0 Å². The van der Waals surface area contributed by atoms with E-state index < -0.39 is 0 Å². The Hall–Kier alpha value is -2.55. The molecule has 0 radical (unpaired) electrons. The van der Waals surface area contributed by atoms with E-state index in [-0.39, 0.29) is 0 Å². The van der Waals surface area contributed by atoms with Crippen molar-refractivity contribution in [3.05, 3.63) is 67.0 Å². The summed E-state index contributed by atoms with van der Waals surface area (Å²) in [7, 11) is 0. The molecule has 0 N–H and O–H groups in total. The molecule has 0 atom stereocenters. The van der Waals surface area contributed by atoms with Crippen molar-refractivity contribution in [2.24, 2.45) is 4.99 Å². The largest absolute Gasteiger partial charge is 0.259 e. The number of hydrogen-bond acceptors (Lipinski definition) is 3. The lowest BCUT2D eigenvalue weighted by Gasteiger charge is -2.04. The minimum Gasteiger partial charge on any atom is -0.259 e. The second-order valence-electron chi connectivity index (χ2n) is 3.80. The standard InChI is InChI=1S/C16H15N3/c1-3-8-13(17-4-2)15-10-7-11-16(19-15)14-9-5-6-12-18-14/h3-12H,1H2,2H3/b13-8-,17-4?. The van der Waals surface area contributed by atoms with Gasteiger partial charge in [-0.2, -0.15) is 0 Å². The molecule has 2 aromatic rings. The number of rotatable bonds is 4. The lowest BCUT2D eigenvalue weighted by molar-refractivity contribution is 1.21. The molecule has 2 heterocycles. The number of aromatic nitrogens is 2. The van der Waals surface area contributed by atoms with Gasteiger partial charge in [0.2, 0.25) is 0 Å². The van der Waals surface area contributed by atoms with Gasteiger partial charge < -0.3 is 0 Å². The monoisotopic (exact) mass is 249 g/mol. The van der Waals surface area contributed by atoms with Crippen molar-refractivity contribution in [2.45, 2.75) is 6.92 Å². The van der Waals surface area contributed by atoms with Gasteiger partial charge in [-0.15, -0.1) is 0 Å². The maximum Gasteiger partial charge on any atom is 0.0894 e. The van der Waals surface area contributed by atoms with Crippen LogP contribution in [0.4, 0.5) is 0 Å². The van der Waals surface area contributed by atoms with Crippen molar-refractivity contribution in [1.82, 2.24) is 9.97 Å². The number of allylic oxidation sites excluding steroid dienone is 2. The summed E-state index contributed by atoms with van der Waals surface area (Å²) in [5.41, 5.74) is 3.28. The first-order chi connectivity index (χ1) is 9.35. The van der Waals surface area contributed by atoms with Gasteiger partial charge in [-0.3, -0.25) is 9.98 Å². The first-order valence-electron chi connectivity index (χ1n) is 6.05. The van der Waals surface area contributed by atoms with Crippen LogP contribution in [0.25, 0.3) is 17.1 Å². The van der Waals surface area contributed by atoms with Gasteiger partial charge in [-0.1, -0.05) is 24.8 Å². The average molecular weight is 249 g/mol. The Balaban J connectivity index is 2.44. The topological polar surface area (TPSA) is 38.1 Å². The molecule has 3 nitrogen and oxygen atoms in total. The highest BCUT2D eigenvalue weighted by atomic mass is 14.8. The van der Waals surface area contributed by atoms with E-state index in [0.29, 0.717) is 0 Å². The van der Waals surface area contributed by atoms with Crippen LogP contribution in [0.1, 0.15) is 12.6 Å². The van der Waals surface area contributed by atoms with Gasteiger partial charge >= 0.3 is 0 Å². The summed E-state index contributed by atoms with van der Waals surface area (Å²) in [5.74, 6) is 0. The highest BCUT2D eigenvalue weighted by Gasteiger charge is 2.04. The van der Waals surface area contributed by atoms with Crippen molar-refractivity contribution in [1.29, 1.82) is 0 Å². The molecule has 0 saturated carbocycles.